The molecule has 0 aromatic rings. The predicted molar refractivity (Wildman–Crippen MR) is 65.1 cm³/mol. The number of primary amides is 1. The molecule has 1 heterocycles. The Morgan fingerprint density at radius 2 is 2.11 bits per heavy atom. The lowest BCUT2D eigenvalue weighted by Crippen LogP contribution is -2.53. The van der Waals surface area contributed by atoms with Crippen LogP contribution in [0, 0.1) is 5.92 Å². The van der Waals surface area contributed by atoms with Gasteiger partial charge in [-0.3, -0.25) is 4.79 Å². The summed E-state index contributed by atoms with van der Waals surface area (Å²) >= 11 is 0. The van der Waals surface area contributed by atoms with Gasteiger partial charge in [-0.2, -0.15) is 0 Å². The smallest absolute Gasteiger partial charge is 0.326 e. The lowest BCUT2D eigenvalue weighted by molar-refractivity contribution is -0.141. The maximum absolute atomic E-state index is 11.8. The molecule has 0 aromatic heterocycles. The molecule has 0 spiro atoms. The summed E-state index contributed by atoms with van der Waals surface area (Å²) in [5, 5.41) is 20.8. The second kappa shape index (κ2) is 6.37. The van der Waals surface area contributed by atoms with Gasteiger partial charge in [-0.25, -0.2) is 9.59 Å². The maximum Gasteiger partial charge on any atom is 0.326 e. The van der Waals surface area contributed by atoms with Crippen molar-refractivity contribution in [2.75, 3.05) is 13.1 Å². The van der Waals surface area contributed by atoms with Crippen LogP contribution in [0.25, 0.3) is 0 Å². The Bertz CT molecular complexity index is 373. The molecule has 0 aliphatic carbocycles. The van der Waals surface area contributed by atoms with Gasteiger partial charge in [-0.15, -0.1) is 0 Å². The third kappa shape index (κ3) is 4.40. The number of rotatable bonds is 4. The molecule has 0 saturated carbocycles. The predicted octanol–water partition coefficient (Wildman–Crippen LogP) is -1.27. The number of aliphatic carboxylic acids is 1. The second-order valence-electron chi connectivity index (χ2n) is 4.79. The number of nitrogens with two attached hydrogens (primary N) is 1. The number of aliphatic hydroxyl groups is 1. The Kier molecular flexibility index (Phi) is 5.11. The van der Waals surface area contributed by atoms with Crippen molar-refractivity contribution < 1.29 is 24.6 Å². The van der Waals surface area contributed by atoms with E-state index in [4.69, 9.17) is 10.8 Å². The van der Waals surface area contributed by atoms with Crippen molar-refractivity contribution in [1.82, 2.24) is 10.2 Å². The molecule has 0 radical (unpaired) electrons. The van der Waals surface area contributed by atoms with Gasteiger partial charge in [0, 0.05) is 13.1 Å². The number of hydrogen-bond acceptors (Lipinski definition) is 4. The van der Waals surface area contributed by atoms with E-state index in [9.17, 15) is 19.5 Å². The first kappa shape index (κ1) is 15.2. The van der Waals surface area contributed by atoms with Gasteiger partial charge in [0.15, 0.2) is 0 Å². The van der Waals surface area contributed by atoms with Crippen molar-refractivity contribution in [3.8, 4) is 0 Å². The summed E-state index contributed by atoms with van der Waals surface area (Å²) in [4.78, 5) is 34.8. The molecule has 108 valence electrons. The number of nitrogens with zero attached hydrogens (tertiary/aromatic N) is 1. The number of urea groups is 1. The summed E-state index contributed by atoms with van der Waals surface area (Å²) in [7, 11) is 0. The zero-order chi connectivity index (χ0) is 14.6. The van der Waals surface area contributed by atoms with Gasteiger partial charge in [-0.05, 0) is 12.3 Å². The molecule has 19 heavy (non-hydrogen) atoms. The minimum atomic E-state index is -1.35. The summed E-state index contributed by atoms with van der Waals surface area (Å²) < 4.78 is 0. The fourth-order valence-corrected chi connectivity index (χ4v) is 1.87. The standard InChI is InChI=1S/C11H19N3O5/c1-6-2-3-14(5-8(6)15)11(19)13-7(10(17)18)4-9(12)16/h6-8,15H,2-5H2,1H3,(H2,12,16)(H,13,19)(H,17,18)/t6?,7-,8?/m0/s1. The Balaban J connectivity index is 2.57. The fraction of sp³-hybridized carbons (Fsp3) is 0.727. The highest BCUT2D eigenvalue weighted by Crippen LogP contribution is 2.16. The number of carbonyl (C=O) groups is 3. The van der Waals surface area contributed by atoms with Crippen molar-refractivity contribution in [3.05, 3.63) is 0 Å². The van der Waals surface area contributed by atoms with E-state index in [-0.39, 0.29) is 12.5 Å². The summed E-state index contributed by atoms with van der Waals surface area (Å²) in [6, 6.07) is -1.96. The van der Waals surface area contributed by atoms with Crippen molar-refractivity contribution >= 4 is 17.9 Å². The van der Waals surface area contributed by atoms with Crippen LogP contribution in [0.1, 0.15) is 19.8 Å². The molecule has 3 atom stereocenters. The van der Waals surface area contributed by atoms with E-state index in [0.29, 0.717) is 13.0 Å². The van der Waals surface area contributed by atoms with Crippen LogP contribution in [-0.2, 0) is 9.59 Å². The fourth-order valence-electron chi connectivity index (χ4n) is 1.87. The summed E-state index contributed by atoms with van der Waals surface area (Å²) in [6.07, 6.45) is -0.449. The molecule has 0 bridgehead atoms. The van der Waals surface area contributed by atoms with Crippen molar-refractivity contribution in [1.29, 1.82) is 0 Å². The lowest BCUT2D eigenvalue weighted by Gasteiger charge is -2.34. The molecular weight excluding hydrogens is 254 g/mol. The second-order valence-corrected chi connectivity index (χ2v) is 4.79. The van der Waals surface area contributed by atoms with Crippen LogP contribution in [0.2, 0.25) is 0 Å². The molecule has 2 unspecified atom stereocenters. The first-order valence-corrected chi connectivity index (χ1v) is 6.06. The van der Waals surface area contributed by atoms with E-state index < -0.39 is 36.5 Å². The van der Waals surface area contributed by atoms with Gasteiger partial charge in [0.1, 0.15) is 6.04 Å². The van der Waals surface area contributed by atoms with Crippen LogP contribution in [0.5, 0.6) is 0 Å². The van der Waals surface area contributed by atoms with Crippen LogP contribution < -0.4 is 11.1 Å². The molecule has 8 heteroatoms. The van der Waals surface area contributed by atoms with E-state index >= 15 is 0 Å². The van der Waals surface area contributed by atoms with Crippen LogP contribution in [0.15, 0.2) is 0 Å². The minimum absolute atomic E-state index is 0.102. The Morgan fingerprint density at radius 3 is 2.58 bits per heavy atom. The Labute approximate surface area is 110 Å². The van der Waals surface area contributed by atoms with E-state index in [0.717, 1.165) is 0 Å². The SMILES string of the molecule is CC1CCN(C(=O)N[C@@H](CC(N)=O)C(=O)O)CC1O. The van der Waals surface area contributed by atoms with Crippen LogP contribution >= 0.6 is 0 Å². The molecule has 1 rings (SSSR count). The molecule has 8 nitrogen and oxygen atoms in total. The summed E-state index contributed by atoms with van der Waals surface area (Å²) in [5.74, 6) is -2.02. The number of carboxylic acid groups (broad SMARTS) is 1. The van der Waals surface area contributed by atoms with Crippen LogP contribution in [0.3, 0.4) is 0 Å². The Morgan fingerprint density at radius 1 is 1.47 bits per heavy atom. The number of amides is 3. The number of carbonyl (C=O) groups excluding carboxylic acids is 2. The number of aliphatic hydroxyl groups excluding tert-OH is 1. The quantitative estimate of drug-likeness (QED) is 0.506. The van der Waals surface area contributed by atoms with E-state index in [2.05, 4.69) is 5.32 Å². The Hall–Kier alpha value is -1.83. The molecular formula is C11H19N3O5. The highest BCUT2D eigenvalue weighted by Gasteiger charge is 2.30. The third-order valence-corrected chi connectivity index (χ3v) is 3.21. The van der Waals surface area contributed by atoms with Gasteiger partial charge in [0.25, 0.3) is 0 Å². The zero-order valence-corrected chi connectivity index (χ0v) is 10.7. The molecule has 5 N–H and O–H groups in total. The average Bonchev–Trinajstić information content (AvgIpc) is 2.31. The van der Waals surface area contributed by atoms with Gasteiger partial charge in [0.2, 0.25) is 5.91 Å². The third-order valence-electron chi connectivity index (χ3n) is 3.21. The van der Waals surface area contributed by atoms with E-state index in [1.54, 1.807) is 0 Å². The van der Waals surface area contributed by atoms with Gasteiger partial charge < -0.3 is 26.2 Å². The molecule has 1 aliphatic rings. The molecule has 1 fully saturated rings. The first-order chi connectivity index (χ1) is 8.81. The number of nitrogens with one attached hydrogen (secondary N) is 1. The van der Waals surface area contributed by atoms with Gasteiger partial charge >= 0.3 is 12.0 Å². The average molecular weight is 273 g/mol. The highest BCUT2D eigenvalue weighted by molar-refractivity contribution is 5.87. The first-order valence-electron chi connectivity index (χ1n) is 6.06. The lowest BCUT2D eigenvalue weighted by atomic mass is 9.96. The number of β-amino-alcohol motifs (C(OH)–C–C–N with tert-alkyl or cyclic N) is 1. The van der Waals surface area contributed by atoms with Crippen molar-refractivity contribution in [2.24, 2.45) is 11.7 Å². The minimum Gasteiger partial charge on any atom is -0.480 e. The number of likely N-dealkylation sites (tertiary alicyclic amines) is 1. The number of carboxylic acids is 1. The van der Waals surface area contributed by atoms with Crippen LogP contribution in [-0.4, -0.2) is 58.3 Å². The van der Waals surface area contributed by atoms with E-state index in [1.165, 1.54) is 4.90 Å². The number of piperidine rings is 1. The van der Waals surface area contributed by atoms with Crippen LogP contribution in [0.4, 0.5) is 4.79 Å². The zero-order valence-electron chi connectivity index (χ0n) is 10.7. The molecule has 0 aromatic carbocycles. The maximum atomic E-state index is 11.8. The molecule has 1 aliphatic heterocycles. The number of hydrogen-bond donors (Lipinski definition) is 4. The normalized spacial score (nSPS) is 24.6. The van der Waals surface area contributed by atoms with Gasteiger partial charge in [-0.1, -0.05) is 6.92 Å². The largest absolute Gasteiger partial charge is 0.480 e. The van der Waals surface area contributed by atoms with Gasteiger partial charge in [0.05, 0.1) is 12.5 Å². The summed E-state index contributed by atoms with van der Waals surface area (Å²) in [5.41, 5.74) is 4.92. The molecule has 1 saturated heterocycles. The van der Waals surface area contributed by atoms with Crippen molar-refractivity contribution in [3.63, 3.8) is 0 Å². The summed E-state index contributed by atoms with van der Waals surface area (Å²) in [6.45, 7) is 2.47. The van der Waals surface area contributed by atoms with Crippen molar-refractivity contribution in [2.45, 2.75) is 31.9 Å². The molecule has 3 amide bonds. The monoisotopic (exact) mass is 273 g/mol. The van der Waals surface area contributed by atoms with E-state index in [1.807, 2.05) is 6.92 Å². The highest BCUT2D eigenvalue weighted by atomic mass is 16.4. The topological polar surface area (TPSA) is 133 Å².